The standard InChI is InChI=1S/C23H26N6O2/c1-14-3-6-25-12-18(14)15-9-16-11-21(26-13-19(16)20(24)10-15)28-23(31)22(30)27-17-4-7-29(2)8-5-17/h3,6,9-13,17H,4-5,7-8,24H2,1-2H3,(H,27,30)(H,26,28,31). The first-order valence-corrected chi connectivity index (χ1v) is 10.3. The van der Waals surface area contributed by atoms with Crippen LogP contribution in [0, 0.1) is 6.92 Å². The van der Waals surface area contributed by atoms with Crippen molar-refractivity contribution < 1.29 is 9.59 Å². The van der Waals surface area contributed by atoms with E-state index in [0.29, 0.717) is 11.5 Å². The highest BCUT2D eigenvalue weighted by atomic mass is 16.2. The van der Waals surface area contributed by atoms with Crippen molar-refractivity contribution in [2.45, 2.75) is 25.8 Å². The second-order valence-corrected chi connectivity index (χ2v) is 8.05. The van der Waals surface area contributed by atoms with Crippen LogP contribution in [0.5, 0.6) is 0 Å². The van der Waals surface area contributed by atoms with Crippen LogP contribution < -0.4 is 16.4 Å². The molecule has 31 heavy (non-hydrogen) atoms. The molecule has 0 bridgehead atoms. The van der Waals surface area contributed by atoms with Crippen LogP contribution in [-0.4, -0.2) is 52.9 Å². The van der Waals surface area contributed by atoms with E-state index in [9.17, 15) is 9.59 Å². The molecule has 1 aromatic carbocycles. The van der Waals surface area contributed by atoms with Crippen LogP contribution in [0.4, 0.5) is 11.5 Å². The first kappa shape index (κ1) is 20.7. The number of hydrogen-bond acceptors (Lipinski definition) is 6. The molecule has 0 spiro atoms. The second-order valence-electron chi connectivity index (χ2n) is 8.05. The van der Waals surface area contributed by atoms with Gasteiger partial charge in [0.2, 0.25) is 0 Å². The van der Waals surface area contributed by atoms with Gasteiger partial charge in [0, 0.05) is 41.3 Å². The third-order valence-electron chi connectivity index (χ3n) is 5.72. The van der Waals surface area contributed by atoms with Crippen molar-refractivity contribution in [3.05, 3.63) is 48.4 Å². The molecule has 0 radical (unpaired) electrons. The van der Waals surface area contributed by atoms with E-state index in [1.165, 1.54) is 0 Å². The fraction of sp³-hybridized carbons (Fsp3) is 0.304. The molecule has 2 amide bonds. The number of piperidine rings is 1. The number of hydrogen-bond donors (Lipinski definition) is 3. The van der Waals surface area contributed by atoms with Crippen molar-refractivity contribution in [2.75, 3.05) is 31.2 Å². The van der Waals surface area contributed by atoms with Crippen molar-refractivity contribution >= 4 is 34.1 Å². The third kappa shape index (κ3) is 4.64. The van der Waals surface area contributed by atoms with Gasteiger partial charge in [0.1, 0.15) is 5.82 Å². The summed E-state index contributed by atoms with van der Waals surface area (Å²) in [6.07, 6.45) is 6.82. The number of carbonyl (C=O) groups is 2. The van der Waals surface area contributed by atoms with Gasteiger partial charge in [0.05, 0.1) is 0 Å². The molecular formula is C23H26N6O2. The maximum atomic E-state index is 12.4. The lowest BCUT2D eigenvalue weighted by molar-refractivity contribution is -0.136. The number of rotatable bonds is 3. The molecule has 3 heterocycles. The van der Waals surface area contributed by atoms with E-state index < -0.39 is 11.8 Å². The number of nitrogen functional groups attached to an aromatic ring is 1. The maximum absolute atomic E-state index is 12.4. The van der Waals surface area contributed by atoms with E-state index in [1.807, 2.05) is 32.2 Å². The molecule has 0 atom stereocenters. The summed E-state index contributed by atoms with van der Waals surface area (Å²) in [5.74, 6) is -1.07. The number of amides is 2. The summed E-state index contributed by atoms with van der Waals surface area (Å²) in [4.78, 5) is 35.3. The highest BCUT2D eigenvalue weighted by Gasteiger charge is 2.22. The number of aryl methyl sites for hydroxylation is 1. The Morgan fingerprint density at radius 3 is 2.65 bits per heavy atom. The SMILES string of the molecule is Cc1ccncc1-c1cc(N)c2cnc(NC(=O)C(=O)NC3CCN(C)CC3)cc2c1. The third-order valence-corrected chi connectivity index (χ3v) is 5.72. The molecule has 4 N–H and O–H groups in total. The van der Waals surface area contributed by atoms with E-state index in [0.717, 1.165) is 53.4 Å². The molecule has 8 nitrogen and oxygen atoms in total. The van der Waals surface area contributed by atoms with Crippen LogP contribution in [-0.2, 0) is 9.59 Å². The van der Waals surface area contributed by atoms with Crippen molar-refractivity contribution in [1.82, 2.24) is 20.2 Å². The van der Waals surface area contributed by atoms with Gasteiger partial charge in [-0.05, 0) is 80.7 Å². The van der Waals surface area contributed by atoms with Crippen LogP contribution >= 0.6 is 0 Å². The molecule has 0 saturated carbocycles. The number of nitrogens with two attached hydrogens (primary N) is 1. The normalized spacial score (nSPS) is 15.0. The van der Waals surface area contributed by atoms with Gasteiger partial charge in [-0.15, -0.1) is 0 Å². The quantitative estimate of drug-likeness (QED) is 0.444. The predicted molar refractivity (Wildman–Crippen MR) is 121 cm³/mol. The molecule has 2 aromatic heterocycles. The summed E-state index contributed by atoms with van der Waals surface area (Å²) >= 11 is 0. The molecule has 0 aliphatic carbocycles. The fourth-order valence-corrected chi connectivity index (χ4v) is 3.85. The molecule has 160 valence electrons. The number of nitrogens with one attached hydrogen (secondary N) is 2. The van der Waals surface area contributed by atoms with Crippen molar-refractivity contribution in [1.29, 1.82) is 0 Å². The van der Waals surface area contributed by atoms with Crippen molar-refractivity contribution in [3.63, 3.8) is 0 Å². The van der Waals surface area contributed by atoms with E-state index >= 15 is 0 Å². The van der Waals surface area contributed by atoms with Crippen LogP contribution in [0.1, 0.15) is 18.4 Å². The molecule has 3 aromatic rings. The second kappa shape index (κ2) is 8.69. The van der Waals surface area contributed by atoms with Gasteiger partial charge < -0.3 is 21.3 Å². The topological polar surface area (TPSA) is 113 Å². The average Bonchev–Trinajstić information content (AvgIpc) is 2.75. The first-order chi connectivity index (χ1) is 14.9. The number of likely N-dealkylation sites (tertiary alicyclic amines) is 1. The van der Waals surface area contributed by atoms with Gasteiger partial charge in [-0.3, -0.25) is 14.6 Å². The number of aromatic nitrogens is 2. The molecule has 4 rings (SSSR count). The molecule has 0 unspecified atom stereocenters. The van der Waals surface area contributed by atoms with Gasteiger partial charge in [-0.1, -0.05) is 0 Å². The number of fused-ring (bicyclic) bond motifs is 1. The number of anilines is 2. The fourth-order valence-electron chi connectivity index (χ4n) is 3.85. The summed E-state index contributed by atoms with van der Waals surface area (Å²) in [5, 5.41) is 7.00. The van der Waals surface area contributed by atoms with Gasteiger partial charge in [0.25, 0.3) is 0 Å². The number of pyridine rings is 2. The zero-order valence-electron chi connectivity index (χ0n) is 17.7. The van der Waals surface area contributed by atoms with E-state index in [4.69, 9.17) is 5.73 Å². The molecule has 1 aliphatic rings. The highest BCUT2D eigenvalue weighted by Crippen LogP contribution is 2.31. The highest BCUT2D eigenvalue weighted by molar-refractivity contribution is 6.39. The lowest BCUT2D eigenvalue weighted by Gasteiger charge is -2.29. The number of nitrogens with zero attached hydrogens (tertiary/aromatic N) is 3. The van der Waals surface area contributed by atoms with Crippen molar-refractivity contribution in [2.24, 2.45) is 0 Å². The summed E-state index contributed by atoms with van der Waals surface area (Å²) in [6, 6.07) is 7.55. The van der Waals surface area contributed by atoms with E-state index in [2.05, 4.69) is 25.5 Å². The monoisotopic (exact) mass is 418 g/mol. The van der Waals surface area contributed by atoms with Gasteiger partial charge in [-0.25, -0.2) is 4.98 Å². The summed E-state index contributed by atoms with van der Waals surface area (Å²) in [5.41, 5.74) is 9.82. The zero-order valence-corrected chi connectivity index (χ0v) is 17.7. The number of carbonyl (C=O) groups excluding carboxylic acids is 2. The largest absolute Gasteiger partial charge is 0.398 e. The molecule has 1 fully saturated rings. The van der Waals surface area contributed by atoms with E-state index in [1.54, 1.807) is 24.7 Å². The van der Waals surface area contributed by atoms with Crippen LogP contribution in [0.2, 0.25) is 0 Å². The molecule has 1 saturated heterocycles. The number of benzene rings is 1. The summed E-state index contributed by atoms with van der Waals surface area (Å²) in [7, 11) is 2.05. The smallest absolute Gasteiger partial charge is 0.314 e. The first-order valence-electron chi connectivity index (χ1n) is 10.3. The Hall–Kier alpha value is -3.52. The van der Waals surface area contributed by atoms with Crippen LogP contribution in [0.3, 0.4) is 0 Å². The Kier molecular flexibility index (Phi) is 5.81. The molecule has 8 heteroatoms. The summed E-state index contributed by atoms with van der Waals surface area (Å²) in [6.45, 7) is 3.82. The average molecular weight is 419 g/mol. The Balaban J connectivity index is 1.52. The minimum Gasteiger partial charge on any atom is -0.398 e. The Labute approximate surface area is 180 Å². The van der Waals surface area contributed by atoms with Crippen LogP contribution in [0.25, 0.3) is 21.9 Å². The zero-order chi connectivity index (χ0) is 22.0. The van der Waals surface area contributed by atoms with Gasteiger partial charge in [0.15, 0.2) is 0 Å². The molecule has 1 aliphatic heterocycles. The minimum absolute atomic E-state index is 0.0177. The predicted octanol–water partition coefficient (Wildman–Crippen LogP) is 2.34. The van der Waals surface area contributed by atoms with Gasteiger partial charge in [-0.2, -0.15) is 0 Å². The summed E-state index contributed by atoms with van der Waals surface area (Å²) < 4.78 is 0. The Bertz CT molecular complexity index is 1140. The van der Waals surface area contributed by atoms with Gasteiger partial charge >= 0.3 is 11.8 Å². The van der Waals surface area contributed by atoms with Crippen LogP contribution in [0.15, 0.2) is 42.9 Å². The lowest BCUT2D eigenvalue weighted by atomic mass is 9.99. The maximum Gasteiger partial charge on any atom is 0.314 e. The Morgan fingerprint density at radius 2 is 1.90 bits per heavy atom. The Morgan fingerprint density at radius 1 is 1.13 bits per heavy atom. The molecular weight excluding hydrogens is 392 g/mol. The lowest BCUT2D eigenvalue weighted by Crippen LogP contribution is -2.46. The van der Waals surface area contributed by atoms with Crippen molar-refractivity contribution in [3.8, 4) is 11.1 Å². The van der Waals surface area contributed by atoms with E-state index in [-0.39, 0.29) is 6.04 Å². The minimum atomic E-state index is -0.724.